The Morgan fingerprint density at radius 1 is 1.26 bits per heavy atom. The zero-order valence-electron chi connectivity index (χ0n) is 16.9. The molecule has 0 radical (unpaired) electrons. The minimum Gasteiger partial charge on any atom is -0.494 e. The van der Waals surface area contributed by atoms with Gasteiger partial charge in [0.25, 0.3) is 0 Å². The van der Waals surface area contributed by atoms with Gasteiger partial charge < -0.3 is 25.2 Å². The molecule has 1 aliphatic rings. The molecule has 7 nitrogen and oxygen atoms in total. The van der Waals surface area contributed by atoms with Crippen LogP contribution in [0.1, 0.15) is 28.3 Å². The number of nitrogens with one attached hydrogen (secondary N) is 2. The van der Waals surface area contributed by atoms with Gasteiger partial charge in [0.1, 0.15) is 5.75 Å². The van der Waals surface area contributed by atoms with Gasteiger partial charge in [0.05, 0.1) is 31.2 Å². The van der Waals surface area contributed by atoms with Crippen molar-refractivity contribution in [3.8, 4) is 11.5 Å². The van der Waals surface area contributed by atoms with Crippen LogP contribution in [0.15, 0.2) is 54.9 Å². The maximum atomic E-state index is 13.6. The number of hydrogen-bond donors (Lipinski definition) is 3. The summed E-state index contributed by atoms with van der Waals surface area (Å²) in [6, 6.07) is 11.9. The smallest absolute Gasteiger partial charge is 0.337 e. The predicted octanol–water partition coefficient (Wildman–Crippen LogP) is 4.65. The van der Waals surface area contributed by atoms with Crippen molar-refractivity contribution in [1.29, 1.82) is 0 Å². The third-order valence-electron chi connectivity index (χ3n) is 5.21. The lowest BCUT2D eigenvalue weighted by Crippen LogP contribution is -2.21. The molecule has 0 spiro atoms. The van der Waals surface area contributed by atoms with Crippen LogP contribution in [0.3, 0.4) is 0 Å². The second-order valence-corrected chi connectivity index (χ2v) is 7.17. The molecule has 31 heavy (non-hydrogen) atoms. The number of hydrogen-bond acceptors (Lipinski definition) is 6. The highest BCUT2D eigenvalue weighted by atomic mass is 19.1. The molecule has 2 aromatic carbocycles. The van der Waals surface area contributed by atoms with E-state index in [1.54, 1.807) is 12.1 Å². The maximum Gasteiger partial charge on any atom is 0.337 e. The van der Waals surface area contributed by atoms with E-state index >= 15 is 0 Å². The molecule has 0 saturated carbocycles. The number of fused-ring (bicyclic) bond motifs is 1. The van der Waals surface area contributed by atoms with E-state index in [9.17, 15) is 14.3 Å². The molecule has 4 rings (SSSR count). The number of anilines is 3. The Morgan fingerprint density at radius 3 is 2.87 bits per heavy atom. The van der Waals surface area contributed by atoms with Crippen molar-refractivity contribution in [3.05, 3.63) is 71.8 Å². The van der Waals surface area contributed by atoms with E-state index in [2.05, 4.69) is 15.6 Å². The highest BCUT2D eigenvalue weighted by Gasteiger charge is 2.22. The fourth-order valence-corrected chi connectivity index (χ4v) is 3.61. The molecular formula is C23H22FN3O4. The Bertz CT molecular complexity index is 1110. The average Bonchev–Trinajstić information content (AvgIpc) is 2.78. The number of nitrogens with zero attached hydrogens (tertiary/aromatic N) is 1. The van der Waals surface area contributed by atoms with Gasteiger partial charge in [0, 0.05) is 42.2 Å². The van der Waals surface area contributed by atoms with Crippen molar-refractivity contribution in [2.75, 3.05) is 30.9 Å². The van der Waals surface area contributed by atoms with E-state index in [0.29, 0.717) is 24.5 Å². The van der Waals surface area contributed by atoms with E-state index in [0.717, 1.165) is 23.4 Å². The molecule has 0 unspecified atom stereocenters. The molecule has 0 aliphatic carbocycles. The van der Waals surface area contributed by atoms with Gasteiger partial charge in [-0.25, -0.2) is 9.18 Å². The monoisotopic (exact) mass is 423 g/mol. The summed E-state index contributed by atoms with van der Waals surface area (Å²) in [5.41, 5.74) is 3.23. The van der Waals surface area contributed by atoms with Crippen molar-refractivity contribution in [3.63, 3.8) is 0 Å². The second kappa shape index (κ2) is 8.91. The number of pyridine rings is 1. The van der Waals surface area contributed by atoms with Crippen LogP contribution in [0.25, 0.3) is 0 Å². The summed E-state index contributed by atoms with van der Waals surface area (Å²) in [5.74, 6) is -0.323. The molecule has 0 bridgehead atoms. The number of rotatable bonds is 7. The predicted molar refractivity (Wildman–Crippen MR) is 115 cm³/mol. The molecule has 0 amide bonds. The normalized spacial score (nSPS) is 14.8. The van der Waals surface area contributed by atoms with Crippen molar-refractivity contribution < 1.29 is 23.8 Å². The first kappa shape index (κ1) is 20.5. The van der Waals surface area contributed by atoms with Gasteiger partial charge >= 0.3 is 5.97 Å². The third kappa shape index (κ3) is 4.53. The first-order valence-electron chi connectivity index (χ1n) is 9.83. The van der Waals surface area contributed by atoms with Crippen molar-refractivity contribution in [1.82, 2.24) is 4.98 Å². The summed E-state index contributed by atoms with van der Waals surface area (Å²) in [4.78, 5) is 15.4. The first-order chi connectivity index (χ1) is 15.0. The number of carboxylic acids is 1. The molecule has 0 saturated heterocycles. The van der Waals surface area contributed by atoms with Gasteiger partial charge in [-0.1, -0.05) is 6.07 Å². The van der Waals surface area contributed by atoms with Crippen molar-refractivity contribution >= 4 is 23.0 Å². The number of carbonyl (C=O) groups is 1. The SMILES string of the molecule is COc1cc(Nc2ccc3c(c2)OCC[C@H]3CNc2cnccc2C(=O)O)ccc1F. The summed E-state index contributed by atoms with van der Waals surface area (Å²) in [7, 11) is 1.42. The lowest BCUT2D eigenvalue weighted by molar-refractivity contribution is 0.0697. The molecule has 8 heteroatoms. The number of carboxylic acid groups (broad SMARTS) is 1. The average molecular weight is 423 g/mol. The molecule has 1 aromatic heterocycles. The van der Waals surface area contributed by atoms with Gasteiger partial charge in [0.15, 0.2) is 11.6 Å². The molecule has 1 atom stereocenters. The quantitative estimate of drug-likeness (QED) is 0.509. The summed E-state index contributed by atoms with van der Waals surface area (Å²) in [6.07, 6.45) is 3.79. The van der Waals surface area contributed by atoms with Crippen LogP contribution in [0.5, 0.6) is 11.5 Å². The van der Waals surface area contributed by atoms with Gasteiger partial charge in [-0.3, -0.25) is 4.98 Å². The van der Waals surface area contributed by atoms with E-state index in [-0.39, 0.29) is 17.2 Å². The Morgan fingerprint density at radius 2 is 2.06 bits per heavy atom. The number of benzene rings is 2. The second-order valence-electron chi connectivity index (χ2n) is 7.17. The molecule has 160 valence electrons. The molecule has 3 aromatic rings. The topological polar surface area (TPSA) is 92.7 Å². The molecule has 2 heterocycles. The number of aromatic nitrogens is 1. The number of halogens is 1. The Labute approximate surface area is 178 Å². The fraction of sp³-hybridized carbons (Fsp3) is 0.217. The van der Waals surface area contributed by atoms with E-state index in [1.165, 1.54) is 31.6 Å². The van der Waals surface area contributed by atoms with Gasteiger partial charge in [-0.05, 0) is 36.2 Å². The number of methoxy groups -OCH3 is 1. The van der Waals surface area contributed by atoms with Crippen LogP contribution in [-0.2, 0) is 0 Å². The zero-order valence-corrected chi connectivity index (χ0v) is 16.9. The van der Waals surface area contributed by atoms with Crippen LogP contribution in [0.4, 0.5) is 21.5 Å². The molecule has 0 fully saturated rings. The minimum absolute atomic E-state index is 0.158. The van der Waals surface area contributed by atoms with E-state index in [4.69, 9.17) is 9.47 Å². The van der Waals surface area contributed by atoms with Gasteiger partial charge in [-0.2, -0.15) is 0 Å². The Balaban J connectivity index is 1.49. The highest BCUT2D eigenvalue weighted by molar-refractivity contribution is 5.93. The summed E-state index contributed by atoms with van der Waals surface area (Å²) < 4.78 is 24.5. The standard InChI is InChI=1S/C23H22FN3O4/c1-30-22-11-16(3-5-19(22)24)27-15-2-4-17-14(7-9-31-21(17)10-15)12-26-20-13-25-8-6-18(20)23(28)29/h2-6,8,10-11,13-14,26-27H,7,9,12H2,1H3,(H,28,29)/t14-/m0/s1. The minimum atomic E-state index is -0.995. The van der Waals surface area contributed by atoms with Crippen molar-refractivity contribution in [2.45, 2.75) is 12.3 Å². The lowest BCUT2D eigenvalue weighted by Gasteiger charge is -2.27. The van der Waals surface area contributed by atoms with Crippen LogP contribution in [-0.4, -0.2) is 36.3 Å². The number of ether oxygens (including phenoxy) is 2. The molecular weight excluding hydrogens is 401 g/mol. The van der Waals surface area contributed by atoms with Crippen molar-refractivity contribution in [2.24, 2.45) is 0 Å². The van der Waals surface area contributed by atoms with Crippen LogP contribution >= 0.6 is 0 Å². The summed E-state index contributed by atoms with van der Waals surface area (Å²) in [6.45, 7) is 1.12. The van der Waals surface area contributed by atoms with E-state index in [1.807, 2.05) is 18.2 Å². The fourth-order valence-electron chi connectivity index (χ4n) is 3.61. The summed E-state index contributed by atoms with van der Waals surface area (Å²) >= 11 is 0. The van der Waals surface area contributed by atoms with Crippen LogP contribution in [0.2, 0.25) is 0 Å². The van der Waals surface area contributed by atoms with Crippen LogP contribution < -0.4 is 20.1 Å². The van der Waals surface area contributed by atoms with E-state index < -0.39 is 11.8 Å². The third-order valence-corrected chi connectivity index (χ3v) is 5.21. The number of aromatic carboxylic acids is 1. The van der Waals surface area contributed by atoms with Gasteiger partial charge in [0.2, 0.25) is 0 Å². The van der Waals surface area contributed by atoms with Crippen LogP contribution in [0, 0.1) is 5.82 Å². The molecule has 3 N–H and O–H groups in total. The first-order valence-corrected chi connectivity index (χ1v) is 9.83. The summed E-state index contributed by atoms with van der Waals surface area (Å²) in [5, 5.41) is 15.8. The Hall–Kier alpha value is -3.81. The largest absolute Gasteiger partial charge is 0.494 e. The Kier molecular flexibility index (Phi) is 5.88. The lowest BCUT2D eigenvalue weighted by atomic mass is 9.92. The maximum absolute atomic E-state index is 13.6. The molecule has 1 aliphatic heterocycles. The zero-order chi connectivity index (χ0) is 21.8. The van der Waals surface area contributed by atoms with Gasteiger partial charge in [-0.15, -0.1) is 0 Å². The highest BCUT2D eigenvalue weighted by Crippen LogP contribution is 2.37.